The number of hydrogen-bond donors (Lipinski definition) is 1. The third-order valence-electron chi connectivity index (χ3n) is 4.73. The molecule has 2 atom stereocenters. The summed E-state index contributed by atoms with van der Waals surface area (Å²) in [7, 11) is 0. The Kier molecular flexibility index (Phi) is 5.58. The second kappa shape index (κ2) is 7.92. The molecule has 1 aliphatic heterocycles. The number of hydrogen-bond acceptors (Lipinski definition) is 3. The van der Waals surface area contributed by atoms with Crippen LogP contribution in [0.15, 0.2) is 54.6 Å². The van der Waals surface area contributed by atoms with E-state index in [1.165, 1.54) is 6.07 Å². The Balaban J connectivity index is 1.78. The SMILES string of the molecule is O=C(O)[C@@H]1CN(C(=O)c2ccccc2COc2ccccc2)C[C@H]1C(F)(F)F. The maximum atomic E-state index is 13.2. The smallest absolute Gasteiger partial charge is 0.394 e. The number of amides is 1. The zero-order valence-electron chi connectivity index (χ0n) is 14.7. The quantitative estimate of drug-likeness (QED) is 0.843. The van der Waals surface area contributed by atoms with Crippen LogP contribution < -0.4 is 4.74 Å². The van der Waals surface area contributed by atoms with Crippen molar-refractivity contribution in [3.63, 3.8) is 0 Å². The largest absolute Gasteiger partial charge is 0.489 e. The molecule has 0 aliphatic carbocycles. The predicted octanol–water partition coefficient (Wildman–Crippen LogP) is 3.60. The van der Waals surface area contributed by atoms with Crippen molar-refractivity contribution in [3.8, 4) is 5.75 Å². The van der Waals surface area contributed by atoms with Crippen molar-refractivity contribution in [1.82, 2.24) is 4.90 Å². The highest BCUT2D eigenvalue weighted by molar-refractivity contribution is 5.96. The highest BCUT2D eigenvalue weighted by atomic mass is 19.4. The summed E-state index contributed by atoms with van der Waals surface area (Å²) < 4.78 is 45.2. The third kappa shape index (κ3) is 4.27. The minimum atomic E-state index is -4.69. The predicted molar refractivity (Wildman–Crippen MR) is 93.8 cm³/mol. The van der Waals surface area contributed by atoms with Crippen LogP contribution in [0.5, 0.6) is 5.75 Å². The molecule has 0 aromatic heterocycles. The first kappa shape index (κ1) is 19.7. The monoisotopic (exact) mass is 393 g/mol. The first-order valence-corrected chi connectivity index (χ1v) is 8.62. The number of carboxylic acid groups (broad SMARTS) is 1. The van der Waals surface area contributed by atoms with Gasteiger partial charge in [-0.1, -0.05) is 36.4 Å². The third-order valence-corrected chi connectivity index (χ3v) is 4.73. The molecule has 1 saturated heterocycles. The average molecular weight is 393 g/mol. The van der Waals surface area contributed by atoms with Gasteiger partial charge in [-0.15, -0.1) is 0 Å². The van der Waals surface area contributed by atoms with Gasteiger partial charge in [0.1, 0.15) is 12.4 Å². The number of nitrogens with zero attached hydrogens (tertiary/aromatic N) is 1. The normalized spacial score (nSPS) is 19.5. The molecule has 1 heterocycles. The van der Waals surface area contributed by atoms with Crippen LogP contribution in [0.4, 0.5) is 13.2 Å². The molecule has 1 N–H and O–H groups in total. The van der Waals surface area contributed by atoms with Crippen molar-refractivity contribution >= 4 is 11.9 Å². The van der Waals surface area contributed by atoms with Gasteiger partial charge in [-0.3, -0.25) is 9.59 Å². The van der Waals surface area contributed by atoms with Gasteiger partial charge in [-0.2, -0.15) is 13.2 Å². The zero-order chi connectivity index (χ0) is 20.3. The number of benzene rings is 2. The molecule has 0 unspecified atom stereocenters. The minimum absolute atomic E-state index is 0.0603. The summed E-state index contributed by atoms with van der Waals surface area (Å²) >= 11 is 0. The van der Waals surface area contributed by atoms with E-state index in [1.54, 1.807) is 42.5 Å². The van der Waals surface area contributed by atoms with Crippen molar-refractivity contribution in [3.05, 3.63) is 65.7 Å². The molecule has 2 aromatic carbocycles. The molecule has 28 heavy (non-hydrogen) atoms. The molecule has 0 bridgehead atoms. The van der Waals surface area contributed by atoms with Crippen LogP contribution in [0.25, 0.3) is 0 Å². The molecule has 5 nitrogen and oxygen atoms in total. The fourth-order valence-corrected chi connectivity index (χ4v) is 3.25. The fraction of sp³-hybridized carbons (Fsp3) is 0.300. The number of likely N-dealkylation sites (tertiary alicyclic amines) is 1. The molecular formula is C20H18F3NO4. The maximum Gasteiger partial charge on any atom is 0.394 e. The first-order valence-electron chi connectivity index (χ1n) is 8.62. The van der Waals surface area contributed by atoms with E-state index in [4.69, 9.17) is 9.84 Å². The second-order valence-electron chi connectivity index (χ2n) is 6.56. The van der Waals surface area contributed by atoms with E-state index in [9.17, 15) is 22.8 Å². The Bertz CT molecular complexity index is 854. The van der Waals surface area contributed by atoms with Gasteiger partial charge < -0.3 is 14.7 Å². The summed E-state index contributed by atoms with van der Waals surface area (Å²) in [4.78, 5) is 25.0. The zero-order valence-corrected chi connectivity index (χ0v) is 14.7. The lowest BCUT2D eigenvalue weighted by Gasteiger charge is -2.19. The van der Waals surface area contributed by atoms with E-state index in [0.29, 0.717) is 11.3 Å². The number of aliphatic carboxylic acids is 1. The molecule has 0 saturated carbocycles. The van der Waals surface area contributed by atoms with Gasteiger partial charge in [0.05, 0.1) is 11.8 Å². The highest BCUT2D eigenvalue weighted by Crippen LogP contribution is 2.38. The van der Waals surface area contributed by atoms with Gasteiger partial charge in [-0.25, -0.2) is 0 Å². The number of carboxylic acids is 1. The van der Waals surface area contributed by atoms with Gasteiger partial charge in [0.2, 0.25) is 0 Å². The van der Waals surface area contributed by atoms with E-state index in [0.717, 1.165) is 4.90 Å². The molecule has 0 spiro atoms. The van der Waals surface area contributed by atoms with E-state index in [2.05, 4.69) is 0 Å². The lowest BCUT2D eigenvalue weighted by molar-refractivity contribution is -0.187. The van der Waals surface area contributed by atoms with Gasteiger partial charge in [-0.05, 0) is 18.2 Å². The standard InChI is InChI=1S/C20H18F3NO4/c21-20(22,23)17-11-24(10-16(17)19(26)27)18(25)15-9-5-4-6-13(15)12-28-14-7-2-1-3-8-14/h1-9,16-17H,10-12H2,(H,26,27)/t16-,17-/m1/s1. The van der Waals surface area contributed by atoms with Crippen molar-refractivity contribution in [2.75, 3.05) is 13.1 Å². The number of carbonyl (C=O) groups is 2. The van der Waals surface area contributed by atoms with E-state index >= 15 is 0 Å². The van der Waals surface area contributed by atoms with Gasteiger partial charge in [0.15, 0.2) is 0 Å². The molecule has 8 heteroatoms. The van der Waals surface area contributed by atoms with Crippen LogP contribution >= 0.6 is 0 Å². The maximum absolute atomic E-state index is 13.2. The van der Waals surface area contributed by atoms with Crippen LogP contribution in [-0.4, -0.2) is 41.1 Å². The summed E-state index contributed by atoms with van der Waals surface area (Å²) in [6.07, 6.45) is -4.69. The Morgan fingerprint density at radius 3 is 2.29 bits per heavy atom. The van der Waals surface area contributed by atoms with Crippen molar-refractivity contribution in [1.29, 1.82) is 0 Å². The number of rotatable bonds is 5. The summed E-state index contributed by atoms with van der Waals surface area (Å²) in [5.74, 6) is -5.35. The summed E-state index contributed by atoms with van der Waals surface area (Å²) in [6.45, 7) is -1.09. The van der Waals surface area contributed by atoms with E-state index in [-0.39, 0.29) is 12.2 Å². The molecule has 3 rings (SSSR count). The average Bonchev–Trinajstić information content (AvgIpc) is 3.13. The second-order valence-corrected chi connectivity index (χ2v) is 6.56. The van der Waals surface area contributed by atoms with Crippen LogP contribution in [0.3, 0.4) is 0 Å². The number of halogens is 3. The summed E-state index contributed by atoms with van der Waals surface area (Å²) in [6, 6.07) is 15.4. The summed E-state index contributed by atoms with van der Waals surface area (Å²) in [5.41, 5.74) is 0.712. The molecule has 1 aliphatic rings. The van der Waals surface area contributed by atoms with Crippen LogP contribution in [0.1, 0.15) is 15.9 Å². The van der Waals surface area contributed by atoms with Crippen LogP contribution in [-0.2, 0) is 11.4 Å². The van der Waals surface area contributed by atoms with E-state index < -0.39 is 43.0 Å². The fourth-order valence-electron chi connectivity index (χ4n) is 3.25. The van der Waals surface area contributed by atoms with Crippen LogP contribution in [0, 0.1) is 11.8 Å². The van der Waals surface area contributed by atoms with E-state index in [1.807, 2.05) is 6.07 Å². The number of para-hydroxylation sites is 1. The van der Waals surface area contributed by atoms with Crippen molar-refractivity contribution < 1.29 is 32.6 Å². The van der Waals surface area contributed by atoms with Crippen molar-refractivity contribution in [2.24, 2.45) is 11.8 Å². The summed E-state index contributed by atoms with van der Waals surface area (Å²) in [5, 5.41) is 9.12. The highest BCUT2D eigenvalue weighted by Gasteiger charge is 2.53. The van der Waals surface area contributed by atoms with Gasteiger partial charge >= 0.3 is 12.1 Å². The van der Waals surface area contributed by atoms with Crippen LogP contribution in [0.2, 0.25) is 0 Å². The molecular weight excluding hydrogens is 375 g/mol. The van der Waals surface area contributed by atoms with Crippen molar-refractivity contribution in [2.45, 2.75) is 12.8 Å². The molecule has 1 amide bonds. The first-order chi connectivity index (χ1) is 13.3. The topological polar surface area (TPSA) is 66.8 Å². The Labute approximate surface area is 159 Å². The number of alkyl halides is 3. The lowest BCUT2D eigenvalue weighted by Crippen LogP contribution is -2.34. The Morgan fingerprint density at radius 2 is 1.68 bits per heavy atom. The minimum Gasteiger partial charge on any atom is -0.489 e. The molecule has 1 fully saturated rings. The number of ether oxygens (including phenoxy) is 1. The number of carbonyl (C=O) groups excluding carboxylic acids is 1. The molecule has 148 valence electrons. The van der Waals surface area contributed by atoms with Gasteiger partial charge in [0.25, 0.3) is 5.91 Å². The molecule has 2 aromatic rings. The lowest BCUT2D eigenvalue weighted by atomic mass is 9.96. The Morgan fingerprint density at radius 1 is 1.04 bits per heavy atom. The molecule has 0 radical (unpaired) electrons. The van der Waals surface area contributed by atoms with Gasteiger partial charge in [0, 0.05) is 24.2 Å². The Hall–Kier alpha value is -3.03.